The van der Waals surface area contributed by atoms with Crippen LogP contribution in [0.3, 0.4) is 0 Å². The summed E-state index contributed by atoms with van der Waals surface area (Å²) in [6, 6.07) is 3.04. The largest absolute Gasteiger partial charge is 0.449 e. The monoisotopic (exact) mass is 572 g/mol. The van der Waals surface area contributed by atoms with E-state index in [9.17, 15) is 27.2 Å². The molecule has 38 heavy (non-hydrogen) atoms. The number of oxime groups is 1. The molecule has 8 nitrogen and oxygen atoms in total. The third kappa shape index (κ3) is 4.83. The van der Waals surface area contributed by atoms with Crippen LogP contribution in [0.1, 0.15) is 40.5 Å². The second kappa shape index (κ2) is 10.3. The normalized spacial score (nSPS) is 18.4. The van der Waals surface area contributed by atoms with Gasteiger partial charge in [-0.25, -0.2) is 14.1 Å². The van der Waals surface area contributed by atoms with E-state index in [1.807, 2.05) is 0 Å². The number of pyridine rings is 1. The molecule has 2 aliphatic rings. The number of hydrogen-bond acceptors (Lipinski definition) is 7. The Labute approximate surface area is 224 Å². The first-order valence-corrected chi connectivity index (χ1v) is 11.8. The van der Waals surface area contributed by atoms with Gasteiger partial charge < -0.3 is 14.5 Å². The highest BCUT2D eigenvalue weighted by Crippen LogP contribution is 2.50. The van der Waals surface area contributed by atoms with Gasteiger partial charge in [0, 0.05) is 24.8 Å². The third-order valence-electron chi connectivity index (χ3n) is 5.99. The van der Waals surface area contributed by atoms with Crippen LogP contribution in [0.15, 0.2) is 29.6 Å². The molecular formula is C24H18Cl2F4N4O4. The number of hydrogen-bond donors (Lipinski definition) is 0. The number of fused-ring (bicyclic) bond motifs is 1. The number of amidine groups is 1. The van der Waals surface area contributed by atoms with Crippen LogP contribution in [0.25, 0.3) is 0 Å². The van der Waals surface area contributed by atoms with E-state index in [0.717, 1.165) is 17.0 Å². The number of rotatable bonds is 4. The first-order chi connectivity index (χ1) is 17.9. The molecular weight excluding hydrogens is 555 g/mol. The van der Waals surface area contributed by atoms with Crippen LogP contribution in [0.4, 0.5) is 22.4 Å². The Morgan fingerprint density at radius 3 is 2.50 bits per heavy atom. The molecule has 14 heteroatoms. The quantitative estimate of drug-likeness (QED) is 0.282. The number of benzene rings is 1. The van der Waals surface area contributed by atoms with Gasteiger partial charge in [-0.3, -0.25) is 9.78 Å². The van der Waals surface area contributed by atoms with Crippen LogP contribution in [0, 0.1) is 18.2 Å². The minimum atomic E-state index is -4.95. The standard InChI is InChI=1S/C24H18Cl2F4N4O4/c1-3-5-34(22(36)37-4-2)21(35)18-6-13-11-33(12-14(13)10-31-18)19-9-23(38-32-19,24(28,29)30)15-7-16(25)20(27)17(26)8-15/h1,6-8,10H,4-5,9,11-12H2,2H3. The molecule has 0 N–H and O–H groups in total. The summed E-state index contributed by atoms with van der Waals surface area (Å²) in [6.45, 7) is 1.46. The molecule has 0 aliphatic carbocycles. The topological polar surface area (TPSA) is 84.3 Å². The molecule has 0 saturated heterocycles. The molecule has 2 aliphatic heterocycles. The fourth-order valence-electron chi connectivity index (χ4n) is 4.08. The van der Waals surface area contributed by atoms with Crippen LogP contribution in [0.2, 0.25) is 10.0 Å². The van der Waals surface area contributed by atoms with Gasteiger partial charge in [-0.05, 0) is 36.2 Å². The Hall–Kier alpha value is -3.56. The van der Waals surface area contributed by atoms with Gasteiger partial charge in [-0.15, -0.1) is 6.42 Å². The average Bonchev–Trinajstić information content (AvgIpc) is 3.50. The van der Waals surface area contributed by atoms with Gasteiger partial charge >= 0.3 is 12.3 Å². The maximum Gasteiger partial charge on any atom is 0.435 e. The van der Waals surface area contributed by atoms with Crippen molar-refractivity contribution in [3.8, 4) is 12.3 Å². The van der Waals surface area contributed by atoms with Crippen molar-refractivity contribution in [3.63, 3.8) is 0 Å². The molecule has 2 amide bonds. The number of carbonyl (C=O) groups excluding carboxylic acids is 2. The maximum absolute atomic E-state index is 14.3. The van der Waals surface area contributed by atoms with Crippen molar-refractivity contribution in [2.45, 2.75) is 38.2 Å². The van der Waals surface area contributed by atoms with Gasteiger partial charge in [0.05, 0.1) is 29.6 Å². The first-order valence-electron chi connectivity index (χ1n) is 11.0. The minimum absolute atomic E-state index is 0.0275. The number of amides is 2. The molecule has 0 spiro atoms. The van der Waals surface area contributed by atoms with Crippen LogP contribution >= 0.6 is 23.2 Å². The van der Waals surface area contributed by atoms with Gasteiger partial charge in [0.15, 0.2) is 5.82 Å². The van der Waals surface area contributed by atoms with Crippen LogP contribution in [-0.4, -0.2) is 51.9 Å². The lowest BCUT2D eigenvalue weighted by molar-refractivity contribution is -0.275. The summed E-state index contributed by atoms with van der Waals surface area (Å²) in [5.41, 5.74) is -2.33. The fourth-order valence-corrected chi connectivity index (χ4v) is 4.57. The number of ether oxygens (including phenoxy) is 1. The van der Waals surface area contributed by atoms with E-state index in [4.69, 9.17) is 39.2 Å². The lowest BCUT2D eigenvalue weighted by Gasteiger charge is -2.30. The van der Waals surface area contributed by atoms with Crippen molar-refractivity contribution >= 4 is 41.0 Å². The number of alkyl halides is 3. The number of terminal acetylenes is 1. The molecule has 0 fully saturated rings. The SMILES string of the molecule is C#CCN(C(=O)OCC)C(=O)c1cc2c(cn1)CN(C1=NOC(c3cc(Cl)c(F)c(Cl)c3)(C(F)(F)F)C1)C2. The molecule has 1 unspecified atom stereocenters. The van der Waals surface area contributed by atoms with E-state index in [-0.39, 0.29) is 37.8 Å². The molecule has 0 saturated carbocycles. The summed E-state index contributed by atoms with van der Waals surface area (Å²) in [6.07, 6.45) is 0.0234. The number of carbonyl (C=O) groups is 2. The fraction of sp³-hybridized carbons (Fsp3) is 0.333. The van der Waals surface area contributed by atoms with E-state index in [1.165, 1.54) is 17.2 Å². The zero-order chi connectivity index (χ0) is 27.8. The van der Waals surface area contributed by atoms with Crippen molar-refractivity contribution in [2.24, 2.45) is 5.16 Å². The zero-order valence-electron chi connectivity index (χ0n) is 19.6. The number of aromatic nitrogens is 1. The lowest BCUT2D eigenvalue weighted by Crippen LogP contribution is -2.44. The summed E-state index contributed by atoms with van der Waals surface area (Å²) >= 11 is 11.5. The van der Waals surface area contributed by atoms with E-state index in [1.54, 1.807) is 6.92 Å². The Bertz CT molecular complexity index is 1360. The van der Waals surface area contributed by atoms with Gasteiger partial charge in [-0.2, -0.15) is 13.2 Å². The zero-order valence-corrected chi connectivity index (χ0v) is 21.1. The number of halogens is 6. The van der Waals surface area contributed by atoms with E-state index >= 15 is 0 Å². The van der Waals surface area contributed by atoms with Crippen LogP contribution in [0.5, 0.6) is 0 Å². The van der Waals surface area contributed by atoms with Gasteiger partial charge in [0.25, 0.3) is 11.5 Å². The van der Waals surface area contributed by atoms with Crippen molar-refractivity contribution in [2.75, 3.05) is 13.2 Å². The van der Waals surface area contributed by atoms with Crippen molar-refractivity contribution < 1.29 is 36.7 Å². The van der Waals surface area contributed by atoms with Gasteiger partial charge in [0.2, 0.25) is 0 Å². The van der Waals surface area contributed by atoms with E-state index < -0.39 is 51.6 Å². The predicted octanol–water partition coefficient (Wildman–Crippen LogP) is 5.27. The Balaban J connectivity index is 1.56. The van der Waals surface area contributed by atoms with Crippen molar-refractivity contribution in [3.05, 3.63) is 62.6 Å². The molecule has 3 heterocycles. The number of nitrogens with zero attached hydrogens (tertiary/aromatic N) is 4. The van der Waals surface area contributed by atoms with Gasteiger partial charge in [0.1, 0.15) is 11.5 Å². The highest BCUT2D eigenvalue weighted by molar-refractivity contribution is 6.35. The molecule has 1 atom stereocenters. The first kappa shape index (κ1) is 27.5. The smallest absolute Gasteiger partial charge is 0.435 e. The maximum atomic E-state index is 14.3. The Morgan fingerprint density at radius 1 is 1.24 bits per heavy atom. The molecule has 1 aromatic heterocycles. The highest BCUT2D eigenvalue weighted by Gasteiger charge is 2.63. The average molecular weight is 573 g/mol. The molecule has 1 aromatic carbocycles. The summed E-state index contributed by atoms with van der Waals surface area (Å²) in [5.74, 6) is 0.331. The Morgan fingerprint density at radius 2 is 1.89 bits per heavy atom. The molecule has 0 radical (unpaired) electrons. The molecule has 200 valence electrons. The third-order valence-corrected chi connectivity index (χ3v) is 6.54. The Kier molecular flexibility index (Phi) is 7.45. The summed E-state index contributed by atoms with van der Waals surface area (Å²) in [4.78, 5) is 36.3. The number of imide groups is 1. The van der Waals surface area contributed by atoms with Crippen LogP contribution < -0.4 is 0 Å². The second-order valence-corrected chi connectivity index (χ2v) is 9.16. The van der Waals surface area contributed by atoms with Crippen molar-refractivity contribution in [1.29, 1.82) is 0 Å². The predicted molar refractivity (Wildman–Crippen MR) is 128 cm³/mol. The van der Waals surface area contributed by atoms with Gasteiger partial charge in [-0.1, -0.05) is 34.3 Å². The van der Waals surface area contributed by atoms with E-state index in [2.05, 4.69) is 16.1 Å². The lowest BCUT2D eigenvalue weighted by atomic mass is 9.89. The molecule has 4 rings (SSSR count). The van der Waals surface area contributed by atoms with Crippen LogP contribution in [-0.2, 0) is 28.3 Å². The van der Waals surface area contributed by atoms with E-state index in [0.29, 0.717) is 11.1 Å². The minimum Gasteiger partial charge on any atom is -0.449 e. The molecule has 2 aromatic rings. The summed E-state index contributed by atoms with van der Waals surface area (Å²) in [7, 11) is 0. The van der Waals surface area contributed by atoms with Crippen molar-refractivity contribution in [1.82, 2.24) is 14.8 Å². The highest BCUT2D eigenvalue weighted by atomic mass is 35.5. The molecule has 0 bridgehead atoms. The second-order valence-electron chi connectivity index (χ2n) is 8.34. The summed E-state index contributed by atoms with van der Waals surface area (Å²) < 4.78 is 61.6. The summed E-state index contributed by atoms with van der Waals surface area (Å²) in [5, 5.41) is 2.51.